The van der Waals surface area contributed by atoms with Crippen molar-refractivity contribution < 1.29 is 14.9 Å². The molecule has 0 spiro atoms. The van der Waals surface area contributed by atoms with Crippen LogP contribution in [-0.2, 0) is 22.4 Å². The first-order valence-electron chi connectivity index (χ1n) is 12.2. The second-order valence-corrected chi connectivity index (χ2v) is 9.98. The van der Waals surface area contributed by atoms with Crippen molar-refractivity contribution in [1.29, 1.82) is 5.26 Å². The Bertz CT molecular complexity index is 1610. The SMILES string of the molecule is [C-]#[N+]c1ccc(-n2c(O)c3c(c2O)C2(CCCc4ccc(C#N)cc4)CCC3(C)O2)c2ccccc12. The van der Waals surface area contributed by atoms with Crippen molar-refractivity contribution in [3.05, 3.63) is 94.3 Å². The quantitative estimate of drug-likeness (QED) is 0.314. The molecule has 3 heterocycles. The van der Waals surface area contributed by atoms with Gasteiger partial charge in [-0.2, -0.15) is 5.26 Å². The number of rotatable bonds is 5. The molecular weight excluding hydrogens is 450 g/mol. The molecule has 2 bridgehead atoms. The van der Waals surface area contributed by atoms with Crippen molar-refractivity contribution in [2.24, 2.45) is 0 Å². The third-order valence-electron chi connectivity index (χ3n) is 7.90. The molecule has 0 aliphatic carbocycles. The van der Waals surface area contributed by atoms with Crippen LogP contribution in [0.2, 0.25) is 0 Å². The number of aryl methyl sites for hydroxylation is 1. The molecule has 1 fully saturated rings. The Hall–Kier alpha value is -4.26. The lowest BCUT2D eigenvalue weighted by molar-refractivity contribution is -0.0841. The first kappa shape index (κ1) is 22.2. The van der Waals surface area contributed by atoms with Crippen LogP contribution < -0.4 is 0 Å². The molecule has 6 nitrogen and oxygen atoms in total. The Morgan fingerprint density at radius 1 is 1.00 bits per heavy atom. The summed E-state index contributed by atoms with van der Waals surface area (Å²) in [7, 11) is 0. The van der Waals surface area contributed by atoms with Gasteiger partial charge in [0.1, 0.15) is 5.60 Å². The molecule has 0 saturated carbocycles. The van der Waals surface area contributed by atoms with Gasteiger partial charge in [-0.25, -0.2) is 4.85 Å². The van der Waals surface area contributed by atoms with Gasteiger partial charge in [0, 0.05) is 0 Å². The van der Waals surface area contributed by atoms with E-state index in [1.807, 2.05) is 55.5 Å². The molecule has 0 amide bonds. The van der Waals surface area contributed by atoms with Gasteiger partial charge in [0.15, 0.2) is 5.69 Å². The number of nitriles is 1. The smallest absolute Gasteiger partial charge is 0.205 e. The van der Waals surface area contributed by atoms with E-state index in [1.165, 1.54) is 4.57 Å². The highest BCUT2D eigenvalue weighted by molar-refractivity contribution is 6.00. The largest absolute Gasteiger partial charge is 0.494 e. The molecule has 3 aromatic carbocycles. The van der Waals surface area contributed by atoms with Crippen molar-refractivity contribution in [3.63, 3.8) is 0 Å². The van der Waals surface area contributed by atoms with Crippen molar-refractivity contribution in [1.82, 2.24) is 4.57 Å². The maximum atomic E-state index is 11.6. The van der Waals surface area contributed by atoms with Crippen LogP contribution in [-0.4, -0.2) is 14.8 Å². The minimum absolute atomic E-state index is 0.000572. The summed E-state index contributed by atoms with van der Waals surface area (Å²) in [5.74, 6) is 0.00407. The summed E-state index contributed by atoms with van der Waals surface area (Å²) in [6.07, 6.45) is 3.93. The number of fused-ring (bicyclic) bond motifs is 6. The Morgan fingerprint density at radius 3 is 2.44 bits per heavy atom. The van der Waals surface area contributed by atoms with Crippen LogP contribution in [0, 0.1) is 17.9 Å². The molecule has 2 aliphatic rings. The van der Waals surface area contributed by atoms with Gasteiger partial charge in [-0.3, -0.25) is 4.57 Å². The van der Waals surface area contributed by atoms with Crippen LogP contribution in [0.3, 0.4) is 0 Å². The first-order valence-corrected chi connectivity index (χ1v) is 12.2. The van der Waals surface area contributed by atoms with Crippen molar-refractivity contribution in [3.8, 4) is 23.5 Å². The Kier molecular flexibility index (Phi) is 4.86. The minimum atomic E-state index is -0.664. The molecule has 6 rings (SSSR count). The Morgan fingerprint density at radius 2 is 1.72 bits per heavy atom. The van der Waals surface area contributed by atoms with Crippen LogP contribution in [0.5, 0.6) is 11.8 Å². The molecule has 2 unspecified atom stereocenters. The third kappa shape index (κ3) is 3.05. The van der Waals surface area contributed by atoms with Gasteiger partial charge in [0.25, 0.3) is 0 Å². The number of nitrogens with zero attached hydrogens (tertiary/aromatic N) is 3. The van der Waals surface area contributed by atoms with Gasteiger partial charge in [-0.1, -0.05) is 42.5 Å². The summed E-state index contributed by atoms with van der Waals surface area (Å²) >= 11 is 0. The van der Waals surface area contributed by atoms with Crippen molar-refractivity contribution in [2.75, 3.05) is 0 Å². The number of hydrogen-bond acceptors (Lipinski definition) is 4. The van der Waals surface area contributed by atoms with Gasteiger partial charge in [0.2, 0.25) is 11.8 Å². The van der Waals surface area contributed by atoms with E-state index in [0.717, 1.165) is 42.0 Å². The average molecular weight is 476 g/mol. The lowest BCUT2D eigenvalue weighted by Crippen LogP contribution is -2.23. The van der Waals surface area contributed by atoms with Crippen LogP contribution >= 0.6 is 0 Å². The number of hydrogen-bond donors (Lipinski definition) is 2. The summed E-state index contributed by atoms with van der Waals surface area (Å²) in [6, 6.07) is 20.9. The molecule has 6 heteroatoms. The molecule has 1 aromatic heterocycles. The molecule has 0 radical (unpaired) electrons. The van der Waals surface area contributed by atoms with Gasteiger partial charge in [-0.05, 0) is 73.6 Å². The Balaban J connectivity index is 1.40. The second-order valence-electron chi connectivity index (χ2n) is 9.98. The highest BCUT2D eigenvalue weighted by Gasteiger charge is 2.61. The van der Waals surface area contributed by atoms with E-state index >= 15 is 0 Å². The fourth-order valence-corrected chi connectivity index (χ4v) is 6.22. The van der Waals surface area contributed by atoms with E-state index in [2.05, 4.69) is 10.9 Å². The highest BCUT2D eigenvalue weighted by Crippen LogP contribution is 2.66. The lowest BCUT2D eigenvalue weighted by atomic mass is 9.77. The van der Waals surface area contributed by atoms with E-state index in [1.54, 1.807) is 12.1 Å². The van der Waals surface area contributed by atoms with E-state index < -0.39 is 11.2 Å². The van der Waals surface area contributed by atoms with Gasteiger partial charge >= 0.3 is 0 Å². The molecule has 2 N–H and O–H groups in total. The predicted octanol–water partition coefficient (Wildman–Crippen LogP) is 6.72. The zero-order valence-corrected chi connectivity index (χ0v) is 20.0. The number of aromatic hydroxyl groups is 2. The van der Waals surface area contributed by atoms with Gasteiger partial charge in [-0.15, -0.1) is 0 Å². The topological polar surface area (TPSA) is 82.8 Å². The van der Waals surface area contributed by atoms with E-state index in [4.69, 9.17) is 16.6 Å². The molecule has 1 saturated heterocycles. The third-order valence-corrected chi connectivity index (χ3v) is 7.90. The maximum absolute atomic E-state index is 11.6. The van der Waals surface area contributed by atoms with E-state index in [0.29, 0.717) is 34.5 Å². The standard InChI is InChI=1S/C30H25N3O3/c1-29-16-17-30(36-29,15-5-6-19-9-11-20(18-31)12-10-19)26-25(29)27(34)33(28(26)35)24-14-13-23(32-2)21-7-3-4-8-22(21)24/h3-4,7-14,34-35H,5-6,15-17H2,1H3. The maximum Gasteiger partial charge on any atom is 0.205 e. The number of aromatic nitrogens is 1. The lowest BCUT2D eigenvalue weighted by Gasteiger charge is -2.26. The predicted molar refractivity (Wildman–Crippen MR) is 136 cm³/mol. The van der Waals surface area contributed by atoms with E-state index in [-0.39, 0.29) is 11.8 Å². The van der Waals surface area contributed by atoms with Crippen molar-refractivity contribution >= 4 is 16.5 Å². The van der Waals surface area contributed by atoms with Crippen molar-refractivity contribution in [2.45, 2.75) is 50.2 Å². The molecule has 2 aliphatic heterocycles. The van der Waals surface area contributed by atoms with E-state index in [9.17, 15) is 10.2 Å². The summed E-state index contributed by atoms with van der Waals surface area (Å²) in [5, 5.41) is 33.6. The van der Waals surface area contributed by atoms with Crippen LogP contribution in [0.4, 0.5) is 5.69 Å². The van der Waals surface area contributed by atoms with Gasteiger partial charge < -0.3 is 14.9 Å². The summed E-state index contributed by atoms with van der Waals surface area (Å²) in [6.45, 7) is 9.50. The van der Waals surface area contributed by atoms with Gasteiger partial charge in [0.05, 0.1) is 40.6 Å². The molecule has 2 atom stereocenters. The molecule has 178 valence electrons. The molecular formula is C30H25N3O3. The summed E-state index contributed by atoms with van der Waals surface area (Å²) in [4.78, 5) is 3.63. The molecule has 36 heavy (non-hydrogen) atoms. The number of ether oxygens (including phenoxy) is 1. The zero-order valence-electron chi connectivity index (χ0n) is 20.0. The molecule has 4 aromatic rings. The Labute approximate surface area is 209 Å². The number of benzene rings is 3. The fourth-order valence-electron chi connectivity index (χ4n) is 6.22. The first-order chi connectivity index (χ1) is 17.4. The highest BCUT2D eigenvalue weighted by atomic mass is 16.5. The average Bonchev–Trinajstić information content (AvgIpc) is 3.48. The van der Waals surface area contributed by atoms with Crippen LogP contribution in [0.15, 0.2) is 60.7 Å². The summed E-state index contributed by atoms with van der Waals surface area (Å²) in [5.41, 5.74) is 3.00. The monoisotopic (exact) mass is 475 g/mol. The van der Waals surface area contributed by atoms with Crippen LogP contribution in [0.1, 0.15) is 54.9 Å². The summed E-state index contributed by atoms with van der Waals surface area (Å²) < 4.78 is 8.11. The second kappa shape index (κ2) is 7.88. The normalized spacial score (nSPS) is 21.9. The zero-order chi connectivity index (χ0) is 25.1. The fraction of sp³-hybridized carbons (Fsp3) is 0.267. The minimum Gasteiger partial charge on any atom is -0.494 e. The van der Waals surface area contributed by atoms with Crippen LogP contribution in [0.25, 0.3) is 21.3 Å².